The molecule has 3 rings (SSSR count). The average molecular weight is 346 g/mol. The number of nitrogens with zero attached hydrogens (tertiary/aromatic N) is 1. The second-order valence-corrected chi connectivity index (χ2v) is 5.69. The molecule has 0 amide bonds. The maximum Gasteiger partial charge on any atom is 0.0580 e. The normalized spacial score (nSPS) is 16.9. The maximum atomic E-state index is 6.51. The van der Waals surface area contributed by atoms with Crippen molar-refractivity contribution < 1.29 is 0 Å². The number of nitrogens with two attached hydrogens (primary N) is 1. The van der Waals surface area contributed by atoms with Crippen molar-refractivity contribution in [3.8, 4) is 0 Å². The van der Waals surface area contributed by atoms with Crippen molar-refractivity contribution in [3.63, 3.8) is 0 Å². The highest BCUT2D eigenvalue weighted by Crippen LogP contribution is 2.50. The molecule has 1 saturated carbocycles. The molecule has 1 fully saturated rings. The van der Waals surface area contributed by atoms with E-state index >= 15 is 0 Å². The molecule has 1 aromatic heterocycles. The quantitative estimate of drug-likeness (QED) is 0.875. The van der Waals surface area contributed by atoms with Gasteiger partial charge in [0.2, 0.25) is 0 Å². The lowest BCUT2D eigenvalue weighted by atomic mass is 9.59. The SMILES string of the molecule is Cl.Cl.NC(c1ccccn1)C1(c2ccc(Cl)cc2)CCC1. The lowest BCUT2D eigenvalue weighted by molar-refractivity contribution is 0.194. The van der Waals surface area contributed by atoms with Gasteiger partial charge in [0, 0.05) is 16.6 Å². The monoisotopic (exact) mass is 344 g/mol. The number of halogens is 3. The zero-order valence-electron chi connectivity index (χ0n) is 11.5. The minimum absolute atomic E-state index is 0. The fraction of sp³-hybridized carbons (Fsp3) is 0.312. The summed E-state index contributed by atoms with van der Waals surface area (Å²) in [5.41, 5.74) is 8.79. The van der Waals surface area contributed by atoms with Gasteiger partial charge >= 0.3 is 0 Å². The number of hydrogen-bond donors (Lipinski definition) is 1. The Balaban J connectivity index is 0.00000110. The van der Waals surface area contributed by atoms with Crippen LogP contribution in [0.2, 0.25) is 5.02 Å². The summed E-state index contributed by atoms with van der Waals surface area (Å²) in [6.07, 6.45) is 5.27. The Morgan fingerprint density at radius 3 is 2.19 bits per heavy atom. The van der Waals surface area contributed by atoms with Crippen LogP contribution in [-0.2, 0) is 5.41 Å². The Bertz CT molecular complexity index is 553. The van der Waals surface area contributed by atoms with E-state index in [1.807, 2.05) is 36.5 Å². The first kappa shape index (κ1) is 18.2. The van der Waals surface area contributed by atoms with Gasteiger partial charge in [0.25, 0.3) is 0 Å². The number of hydrogen-bond acceptors (Lipinski definition) is 2. The smallest absolute Gasteiger partial charge is 0.0580 e. The van der Waals surface area contributed by atoms with E-state index in [-0.39, 0.29) is 36.3 Å². The summed E-state index contributed by atoms with van der Waals surface area (Å²) in [6.45, 7) is 0. The fourth-order valence-electron chi connectivity index (χ4n) is 2.96. The minimum atomic E-state index is -0.0522. The summed E-state index contributed by atoms with van der Waals surface area (Å²) >= 11 is 5.98. The Hall–Kier alpha value is -0.800. The van der Waals surface area contributed by atoms with Crippen molar-refractivity contribution in [1.29, 1.82) is 0 Å². The van der Waals surface area contributed by atoms with Crippen molar-refractivity contribution >= 4 is 36.4 Å². The van der Waals surface area contributed by atoms with E-state index in [9.17, 15) is 0 Å². The zero-order chi connectivity index (χ0) is 13.3. The van der Waals surface area contributed by atoms with Crippen LogP contribution in [-0.4, -0.2) is 4.98 Å². The fourth-order valence-corrected chi connectivity index (χ4v) is 3.09. The second kappa shape index (κ2) is 7.46. The first-order chi connectivity index (χ1) is 9.22. The Morgan fingerprint density at radius 1 is 1.05 bits per heavy atom. The molecule has 2 nitrogen and oxygen atoms in total. The van der Waals surface area contributed by atoms with E-state index in [4.69, 9.17) is 17.3 Å². The lowest BCUT2D eigenvalue weighted by Crippen LogP contribution is -2.44. The number of aromatic nitrogens is 1. The van der Waals surface area contributed by atoms with E-state index in [1.54, 1.807) is 0 Å². The van der Waals surface area contributed by atoms with Crippen LogP contribution < -0.4 is 5.73 Å². The molecular weight excluding hydrogens is 327 g/mol. The van der Waals surface area contributed by atoms with Gasteiger partial charge in [-0.2, -0.15) is 0 Å². The molecule has 2 N–H and O–H groups in total. The van der Waals surface area contributed by atoms with Gasteiger partial charge in [0.1, 0.15) is 0 Å². The van der Waals surface area contributed by atoms with Gasteiger partial charge < -0.3 is 5.73 Å². The van der Waals surface area contributed by atoms with Gasteiger partial charge in [-0.1, -0.05) is 36.2 Å². The maximum absolute atomic E-state index is 6.51. The Kier molecular flexibility index (Phi) is 6.48. The molecular formula is C16H19Cl3N2. The predicted molar refractivity (Wildman–Crippen MR) is 92.6 cm³/mol. The van der Waals surface area contributed by atoms with Crippen LogP contribution in [0.4, 0.5) is 0 Å². The highest BCUT2D eigenvalue weighted by molar-refractivity contribution is 6.30. The van der Waals surface area contributed by atoms with Crippen LogP contribution in [0.5, 0.6) is 0 Å². The Labute approximate surface area is 142 Å². The molecule has 1 unspecified atom stereocenters. The third-order valence-electron chi connectivity index (χ3n) is 4.27. The topological polar surface area (TPSA) is 38.9 Å². The van der Waals surface area contributed by atoms with Crippen molar-refractivity contribution in [2.45, 2.75) is 30.7 Å². The van der Waals surface area contributed by atoms with Crippen molar-refractivity contribution in [3.05, 3.63) is 64.9 Å². The summed E-state index contributed by atoms with van der Waals surface area (Å²) in [4.78, 5) is 4.42. The van der Waals surface area contributed by atoms with Gasteiger partial charge in [-0.15, -0.1) is 24.8 Å². The largest absolute Gasteiger partial charge is 0.322 e. The molecule has 2 aromatic rings. The van der Waals surface area contributed by atoms with Crippen molar-refractivity contribution in [2.24, 2.45) is 5.73 Å². The van der Waals surface area contributed by atoms with Gasteiger partial charge in [0.05, 0.1) is 11.7 Å². The van der Waals surface area contributed by atoms with Crippen LogP contribution in [0.3, 0.4) is 0 Å². The van der Waals surface area contributed by atoms with Gasteiger partial charge in [-0.25, -0.2) is 0 Å². The van der Waals surface area contributed by atoms with Crippen LogP contribution in [0, 0.1) is 0 Å². The molecule has 1 aromatic carbocycles. The van der Waals surface area contributed by atoms with E-state index in [1.165, 1.54) is 12.0 Å². The van der Waals surface area contributed by atoms with Gasteiger partial charge in [-0.3, -0.25) is 4.98 Å². The number of pyridine rings is 1. The molecule has 0 saturated heterocycles. The summed E-state index contributed by atoms with van der Waals surface area (Å²) in [6, 6.07) is 14.0. The highest BCUT2D eigenvalue weighted by atomic mass is 35.5. The molecule has 1 heterocycles. The molecule has 114 valence electrons. The van der Waals surface area contributed by atoms with E-state index in [0.717, 1.165) is 23.6 Å². The predicted octanol–water partition coefficient (Wildman–Crippen LogP) is 4.70. The van der Waals surface area contributed by atoms with Crippen molar-refractivity contribution in [2.75, 3.05) is 0 Å². The number of benzene rings is 1. The first-order valence-corrected chi connectivity index (χ1v) is 7.03. The molecule has 0 aliphatic heterocycles. The molecule has 1 atom stereocenters. The van der Waals surface area contributed by atoms with Gasteiger partial charge in [0.15, 0.2) is 0 Å². The Morgan fingerprint density at radius 2 is 1.71 bits per heavy atom. The third kappa shape index (κ3) is 3.35. The zero-order valence-corrected chi connectivity index (χ0v) is 13.9. The van der Waals surface area contributed by atoms with E-state index in [2.05, 4.69) is 17.1 Å². The summed E-state index contributed by atoms with van der Waals surface area (Å²) < 4.78 is 0. The molecule has 0 spiro atoms. The van der Waals surface area contributed by atoms with Crippen LogP contribution in [0.25, 0.3) is 0 Å². The van der Waals surface area contributed by atoms with Crippen molar-refractivity contribution in [1.82, 2.24) is 4.98 Å². The molecule has 21 heavy (non-hydrogen) atoms. The molecule has 5 heteroatoms. The summed E-state index contributed by atoms with van der Waals surface area (Å²) in [5.74, 6) is 0. The van der Waals surface area contributed by atoms with Crippen LogP contribution in [0.15, 0.2) is 48.7 Å². The van der Waals surface area contributed by atoms with E-state index < -0.39 is 0 Å². The lowest BCUT2D eigenvalue weighted by Gasteiger charge is -2.46. The number of rotatable bonds is 3. The first-order valence-electron chi connectivity index (χ1n) is 6.65. The molecule has 1 aliphatic carbocycles. The summed E-state index contributed by atoms with van der Waals surface area (Å²) in [5, 5.41) is 0.768. The minimum Gasteiger partial charge on any atom is -0.322 e. The molecule has 0 bridgehead atoms. The summed E-state index contributed by atoms with van der Waals surface area (Å²) in [7, 11) is 0. The second-order valence-electron chi connectivity index (χ2n) is 5.25. The van der Waals surface area contributed by atoms with Crippen LogP contribution in [0.1, 0.15) is 36.6 Å². The van der Waals surface area contributed by atoms with Crippen LogP contribution >= 0.6 is 36.4 Å². The van der Waals surface area contributed by atoms with Gasteiger partial charge in [-0.05, 0) is 42.7 Å². The molecule has 0 radical (unpaired) electrons. The average Bonchev–Trinajstić information content (AvgIpc) is 2.40. The highest BCUT2D eigenvalue weighted by Gasteiger charge is 2.44. The molecule has 1 aliphatic rings. The van der Waals surface area contributed by atoms with E-state index in [0.29, 0.717) is 0 Å². The standard InChI is InChI=1S/C16H17ClN2.2ClH/c17-13-7-5-12(6-8-13)16(9-3-10-16)15(18)14-4-1-2-11-19-14;;/h1-2,4-8,11,15H,3,9-10,18H2;2*1H. The third-order valence-corrected chi connectivity index (χ3v) is 4.52.